The number of anilines is 3. The van der Waals surface area contributed by atoms with Crippen LogP contribution in [0.3, 0.4) is 0 Å². The fourth-order valence-corrected chi connectivity index (χ4v) is 22.7. The van der Waals surface area contributed by atoms with E-state index in [9.17, 15) is 0 Å². The molecular weight excluding hydrogens is 1790 g/mol. The van der Waals surface area contributed by atoms with Crippen molar-refractivity contribution in [2.75, 3.05) is 4.90 Å². The number of fused-ring (bicyclic) bond motifs is 20. The first-order valence-corrected chi connectivity index (χ1v) is 50.8. The lowest BCUT2D eigenvalue weighted by molar-refractivity contribution is 0.660. The smallest absolute Gasteiger partial charge is 0.0979 e. The molecule has 0 atom stereocenters. The molecule has 28 aromatic rings. The maximum Gasteiger partial charge on any atom is 0.0979 e. The van der Waals surface area contributed by atoms with Gasteiger partial charge in [-0.1, -0.05) is 420 Å². The number of nitrogens with zero attached hydrogens (tertiary/aromatic N) is 7. The van der Waals surface area contributed by atoms with Crippen LogP contribution < -0.4 is 4.90 Å². The van der Waals surface area contributed by atoms with Gasteiger partial charge in [0.15, 0.2) is 0 Å². The number of benzene rings is 23. The third-order valence-electron chi connectivity index (χ3n) is 30.0. The predicted molar refractivity (Wildman–Crippen MR) is 623 cm³/mol. The van der Waals surface area contributed by atoms with E-state index in [0.29, 0.717) is 0 Å². The quantitative estimate of drug-likeness (QED) is 0.102. The largest absolute Gasteiger partial charge is 0.310 e. The van der Waals surface area contributed by atoms with Gasteiger partial charge in [-0.25, -0.2) is 15.0 Å². The van der Waals surface area contributed by atoms with Crippen molar-refractivity contribution in [3.05, 3.63) is 551 Å². The highest BCUT2D eigenvalue weighted by Gasteiger charge is 2.36. The fraction of sp³-hybridized carbons (Fsp3) is 0.0213. The molecule has 1 aliphatic rings. The number of hydrogen-bond acceptors (Lipinski definition) is 5. The summed E-state index contributed by atoms with van der Waals surface area (Å²) in [6, 6.07) is 192. The van der Waals surface area contributed by atoms with E-state index in [4.69, 9.17) is 19.9 Å². The number of aromatic nitrogens is 6. The second-order valence-electron chi connectivity index (χ2n) is 39.1. The number of hydrogen-bond donors (Lipinski definition) is 0. The van der Waals surface area contributed by atoms with Crippen LogP contribution in [-0.4, -0.2) is 29.1 Å². The molecule has 29 rings (SSSR count). The van der Waals surface area contributed by atoms with E-state index in [1.54, 1.807) is 0 Å². The molecule has 5 heterocycles. The number of rotatable bonds is 14. The van der Waals surface area contributed by atoms with Crippen LogP contribution in [0.5, 0.6) is 0 Å². The molecule has 694 valence electrons. The van der Waals surface area contributed by atoms with E-state index in [2.05, 4.69) is 562 Å². The fourth-order valence-electron chi connectivity index (χ4n) is 22.7. The first-order valence-electron chi connectivity index (χ1n) is 50.8. The summed E-state index contributed by atoms with van der Waals surface area (Å²) < 4.78 is 4.73. The summed E-state index contributed by atoms with van der Waals surface area (Å²) in [6.07, 6.45) is 1.91. The number of para-hydroxylation sites is 4. The summed E-state index contributed by atoms with van der Waals surface area (Å²) >= 11 is 0. The summed E-state index contributed by atoms with van der Waals surface area (Å²) in [5, 5.41) is 16.7. The highest BCUT2D eigenvalue weighted by atomic mass is 15.1. The van der Waals surface area contributed by atoms with Crippen LogP contribution in [0.4, 0.5) is 17.1 Å². The predicted octanol–water partition coefficient (Wildman–Crippen LogP) is 37.7. The molecule has 0 radical (unpaired) electrons. The van der Waals surface area contributed by atoms with Crippen molar-refractivity contribution in [1.29, 1.82) is 0 Å². The van der Waals surface area contributed by atoms with Crippen LogP contribution in [0.1, 0.15) is 25.0 Å². The number of pyridine rings is 2. The minimum absolute atomic E-state index is 0.0864. The zero-order valence-corrected chi connectivity index (χ0v) is 81.5. The molecule has 0 unspecified atom stereocenters. The zero-order valence-electron chi connectivity index (χ0n) is 81.5. The molecule has 0 amide bonds. The topological polar surface area (TPSA) is 64.7 Å². The van der Waals surface area contributed by atoms with Crippen LogP contribution in [0.25, 0.3) is 243 Å². The molecule has 0 bridgehead atoms. The van der Waals surface area contributed by atoms with E-state index in [1.165, 1.54) is 143 Å². The molecule has 1 aliphatic carbocycles. The molecule has 0 saturated heterocycles. The van der Waals surface area contributed by atoms with Gasteiger partial charge >= 0.3 is 0 Å². The van der Waals surface area contributed by atoms with Gasteiger partial charge in [0.25, 0.3) is 0 Å². The maximum atomic E-state index is 5.42. The van der Waals surface area contributed by atoms with Gasteiger partial charge < -0.3 is 14.0 Å². The molecule has 0 saturated carbocycles. The molecular formula is C141H95N7. The van der Waals surface area contributed by atoms with Crippen LogP contribution >= 0.6 is 0 Å². The van der Waals surface area contributed by atoms with Crippen molar-refractivity contribution in [2.45, 2.75) is 19.3 Å². The Kier molecular flexibility index (Phi) is 21.8. The van der Waals surface area contributed by atoms with E-state index >= 15 is 0 Å². The van der Waals surface area contributed by atoms with Gasteiger partial charge in [-0.3, -0.25) is 4.98 Å². The molecule has 0 spiro atoms. The first-order chi connectivity index (χ1) is 73.1. The Bertz CT molecular complexity index is 9820. The summed E-state index contributed by atoms with van der Waals surface area (Å²) in [5.74, 6) is 0. The van der Waals surface area contributed by atoms with Gasteiger partial charge in [-0.05, 0) is 249 Å². The molecule has 0 aliphatic heterocycles. The van der Waals surface area contributed by atoms with Gasteiger partial charge in [-0.15, -0.1) is 0 Å². The van der Waals surface area contributed by atoms with Crippen molar-refractivity contribution in [1.82, 2.24) is 29.1 Å². The van der Waals surface area contributed by atoms with Gasteiger partial charge in [-0.2, -0.15) is 0 Å². The van der Waals surface area contributed by atoms with Gasteiger partial charge in [0.1, 0.15) is 0 Å². The Morgan fingerprint density at radius 3 is 1.03 bits per heavy atom. The summed E-state index contributed by atoms with van der Waals surface area (Å²) in [4.78, 5) is 23.4. The van der Waals surface area contributed by atoms with Crippen molar-refractivity contribution in [2.24, 2.45) is 0 Å². The first kappa shape index (κ1) is 87.7. The summed E-state index contributed by atoms with van der Waals surface area (Å²) in [6.45, 7) is 4.70. The third-order valence-corrected chi connectivity index (χ3v) is 30.0. The second-order valence-corrected chi connectivity index (χ2v) is 39.1. The van der Waals surface area contributed by atoms with Crippen molar-refractivity contribution in [3.63, 3.8) is 0 Å². The van der Waals surface area contributed by atoms with Gasteiger partial charge in [0.2, 0.25) is 0 Å². The average molecular weight is 1890 g/mol. The SMILES string of the molecule is CC1(C)c2ccccc2-c2ccc(N(c3ccc(-c4ccccc4)cc3)c3ccc(-c4ccc5c(c4)c4ccccc4n5-c4ccccc4)cc3)cc21.c1ccc(-c2cc(-c3ccc4ccccc4c3)nc3c2ccc2c(-c4ccccc4)cc(-c4ccc5ccccc5c4)nc23)cc1.c1ccc(-n2c3ccccc3c3cc(-c4ccc(-c5cccc(-c6cnc7c8ccccc8c8ccccc8c7n6)c5)cc4)ccc32)cc1. The van der Waals surface area contributed by atoms with Crippen LogP contribution in [0.15, 0.2) is 540 Å². The standard InChI is InChI=1S/C51H38N2.C46H29N3.C44H28N2/c1-51(2)47-19-11-9-17-43(47)44-31-30-42(34-48(44)51)52(40-26-21-36(22-27-40)35-13-5-3-6-14-35)41-28-23-37(24-29-41)38-25-32-50-46(33-38)45-18-10-12-20-49(45)53(50)39-15-7-4-8-16-39;1-2-13-35(14-3-1)49-43-20-9-8-17-38(43)41-28-33(25-26-44(41)49)31-23-21-30(22-24-31)32-11-10-12-34(27-32)42-29-47-45-39-18-6-4-15-36(39)37-16-5-7-19-40(37)46(45)48-42;1-3-13-31(14-4-1)39-27-41(35-21-19-29-11-7-9-17-33(29)25-35)45-43-37(39)23-24-38-40(32-15-5-2-6-16-32)28-42(46-44(38)43)36-22-20-30-12-8-10-18-34(30)26-36/h3-34H,1-2H3;1-29H;1-28H. The van der Waals surface area contributed by atoms with E-state index < -0.39 is 0 Å². The van der Waals surface area contributed by atoms with Crippen molar-refractivity contribution in [3.8, 4) is 123 Å². The minimum Gasteiger partial charge on any atom is -0.310 e. The Morgan fingerprint density at radius 2 is 0.520 bits per heavy atom. The lowest BCUT2D eigenvalue weighted by Gasteiger charge is -2.28. The normalized spacial score (nSPS) is 12.0. The zero-order chi connectivity index (χ0) is 98.3. The Labute approximate surface area is 857 Å². The third kappa shape index (κ3) is 15.7. The highest BCUT2D eigenvalue weighted by Crippen LogP contribution is 2.52. The maximum absolute atomic E-state index is 5.42. The minimum atomic E-state index is -0.0864. The molecule has 5 aromatic heterocycles. The van der Waals surface area contributed by atoms with Crippen LogP contribution in [0.2, 0.25) is 0 Å². The average Bonchev–Trinajstić information content (AvgIpc) is 1.39. The summed E-state index contributed by atoms with van der Waals surface area (Å²) in [7, 11) is 0. The Morgan fingerprint density at radius 1 is 0.182 bits per heavy atom. The Balaban J connectivity index is 0.000000110. The molecule has 0 fully saturated rings. The summed E-state index contributed by atoms with van der Waals surface area (Å²) in [5.41, 5.74) is 39.7. The molecule has 0 N–H and O–H groups in total. The molecule has 7 heteroatoms. The van der Waals surface area contributed by atoms with Gasteiger partial charge in [0, 0.05) is 93.6 Å². The monoisotopic (exact) mass is 1890 g/mol. The highest BCUT2D eigenvalue weighted by molar-refractivity contribution is 6.24. The lowest BCUT2D eigenvalue weighted by Crippen LogP contribution is -2.16. The van der Waals surface area contributed by atoms with Crippen LogP contribution in [-0.2, 0) is 5.41 Å². The van der Waals surface area contributed by atoms with E-state index in [-0.39, 0.29) is 5.41 Å². The van der Waals surface area contributed by atoms with E-state index in [0.717, 1.165) is 128 Å². The van der Waals surface area contributed by atoms with E-state index in [1.807, 2.05) is 6.20 Å². The van der Waals surface area contributed by atoms with Crippen molar-refractivity contribution >= 4 is 137 Å². The second kappa shape index (κ2) is 36.9. The van der Waals surface area contributed by atoms with Gasteiger partial charge in [0.05, 0.1) is 67.4 Å². The molecule has 148 heavy (non-hydrogen) atoms. The van der Waals surface area contributed by atoms with Crippen molar-refractivity contribution < 1.29 is 0 Å². The molecule has 7 nitrogen and oxygen atoms in total. The van der Waals surface area contributed by atoms with Crippen LogP contribution in [0, 0.1) is 0 Å². The Hall–Kier alpha value is -19.3. The molecule has 23 aromatic carbocycles. The lowest BCUT2D eigenvalue weighted by atomic mass is 9.82.